The molecule has 1 heterocycles. The highest BCUT2D eigenvalue weighted by molar-refractivity contribution is 9.10. The lowest BCUT2D eigenvalue weighted by Gasteiger charge is -2.28. The lowest BCUT2D eigenvalue weighted by molar-refractivity contribution is -0.162. The van der Waals surface area contributed by atoms with Gasteiger partial charge >= 0.3 is 5.97 Å². The number of benzene rings is 1. The van der Waals surface area contributed by atoms with Crippen LogP contribution in [-0.2, 0) is 23.9 Å². The smallest absolute Gasteiger partial charge is 0.330 e. The zero-order valence-electron chi connectivity index (χ0n) is 18.8. The van der Waals surface area contributed by atoms with Crippen LogP contribution in [0.1, 0.15) is 44.2 Å². The summed E-state index contributed by atoms with van der Waals surface area (Å²) in [6, 6.07) is 2.63. The lowest BCUT2D eigenvalue weighted by Crippen LogP contribution is -2.50. The highest BCUT2D eigenvalue weighted by atomic mass is 79.9. The van der Waals surface area contributed by atoms with Crippen LogP contribution in [0.5, 0.6) is 0 Å². The molecule has 3 amide bonds. The molecule has 4 rings (SSSR count). The van der Waals surface area contributed by atoms with Crippen molar-refractivity contribution in [2.24, 2.45) is 29.6 Å². The Bertz CT molecular complexity index is 940. The Kier molecular flexibility index (Phi) is 6.18. The maximum atomic E-state index is 13.1. The molecule has 8 heteroatoms. The number of hydrogen-bond acceptors (Lipinski definition) is 5. The fourth-order valence-corrected chi connectivity index (χ4v) is 6.05. The van der Waals surface area contributed by atoms with Gasteiger partial charge in [0, 0.05) is 10.2 Å². The first-order chi connectivity index (χ1) is 15.1. The summed E-state index contributed by atoms with van der Waals surface area (Å²) >= 11 is 3.49. The number of anilines is 1. The number of aryl methyl sites for hydroxylation is 2. The number of rotatable bonds is 6. The van der Waals surface area contributed by atoms with E-state index in [1.165, 1.54) is 0 Å². The molecule has 2 saturated carbocycles. The van der Waals surface area contributed by atoms with Gasteiger partial charge in [0.25, 0.3) is 5.91 Å². The van der Waals surface area contributed by atoms with Gasteiger partial charge in [-0.05, 0) is 74.1 Å². The molecular weight excluding hydrogens is 476 g/mol. The predicted octanol–water partition coefficient (Wildman–Crippen LogP) is 3.60. The molecule has 1 aliphatic heterocycles. The van der Waals surface area contributed by atoms with E-state index in [1.54, 1.807) is 13.8 Å². The topological polar surface area (TPSA) is 92.8 Å². The molecule has 1 aromatic carbocycles. The van der Waals surface area contributed by atoms with Gasteiger partial charge in [0.15, 0.2) is 6.61 Å². The number of nitrogens with zero attached hydrogens (tertiary/aromatic N) is 1. The van der Waals surface area contributed by atoms with E-state index in [9.17, 15) is 19.2 Å². The third-order valence-corrected chi connectivity index (χ3v) is 8.43. The highest BCUT2D eigenvalue weighted by Gasteiger charge is 2.62. The number of likely N-dealkylation sites (tertiary alicyclic amines) is 1. The van der Waals surface area contributed by atoms with Crippen LogP contribution >= 0.6 is 15.9 Å². The quantitative estimate of drug-likeness (QED) is 0.471. The van der Waals surface area contributed by atoms with Crippen LogP contribution in [0, 0.1) is 43.4 Å². The predicted molar refractivity (Wildman–Crippen MR) is 121 cm³/mol. The van der Waals surface area contributed by atoms with Crippen molar-refractivity contribution in [3.8, 4) is 0 Å². The minimum absolute atomic E-state index is 0.242. The summed E-state index contributed by atoms with van der Waals surface area (Å²) in [5, 5.41) is 2.73. The number of fused-ring (bicyclic) bond motifs is 5. The Morgan fingerprint density at radius 1 is 1.09 bits per heavy atom. The molecule has 172 valence electrons. The van der Waals surface area contributed by atoms with Crippen molar-refractivity contribution in [1.29, 1.82) is 0 Å². The van der Waals surface area contributed by atoms with E-state index < -0.39 is 24.5 Å². The van der Waals surface area contributed by atoms with Crippen molar-refractivity contribution in [1.82, 2.24) is 4.90 Å². The number of nitrogens with one attached hydrogen (secondary N) is 1. The van der Waals surface area contributed by atoms with Crippen molar-refractivity contribution in [3.05, 3.63) is 27.7 Å². The number of carbonyl (C=O) groups excluding carboxylic acids is 4. The van der Waals surface area contributed by atoms with Gasteiger partial charge < -0.3 is 10.1 Å². The summed E-state index contributed by atoms with van der Waals surface area (Å²) < 4.78 is 6.25. The maximum Gasteiger partial charge on any atom is 0.330 e. The van der Waals surface area contributed by atoms with Crippen LogP contribution < -0.4 is 5.32 Å². The summed E-state index contributed by atoms with van der Waals surface area (Å²) in [6.07, 6.45) is 2.89. The molecule has 0 radical (unpaired) electrons. The lowest BCUT2D eigenvalue weighted by atomic mass is 9.81. The van der Waals surface area contributed by atoms with E-state index in [2.05, 4.69) is 21.2 Å². The Hall–Kier alpha value is -2.22. The molecule has 1 saturated heterocycles. The van der Waals surface area contributed by atoms with Crippen molar-refractivity contribution in [2.45, 2.75) is 53.0 Å². The van der Waals surface area contributed by atoms with E-state index in [-0.39, 0.29) is 41.4 Å². The molecule has 32 heavy (non-hydrogen) atoms. The molecule has 0 unspecified atom stereocenters. The Balaban J connectivity index is 1.41. The summed E-state index contributed by atoms with van der Waals surface area (Å²) in [5.74, 6) is -2.07. The molecular formula is C24H29BrN2O5. The fraction of sp³-hybridized carbons (Fsp3) is 0.583. The van der Waals surface area contributed by atoms with E-state index in [4.69, 9.17) is 4.74 Å². The third kappa shape index (κ3) is 3.87. The second-order valence-corrected chi connectivity index (χ2v) is 10.5. The fourth-order valence-electron chi connectivity index (χ4n) is 5.82. The first-order valence-corrected chi connectivity index (χ1v) is 12.0. The van der Waals surface area contributed by atoms with E-state index in [0.717, 1.165) is 39.8 Å². The second-order valence-electron chi connectivity index (χ2n) is 9.70. The van der Waals surface area contributed by atoms with Crippen molar-refractivity contribution in [2.75, 3.05) is 11.9 Å². The Morgan fingerprint density at radius 3 is 2.12 bits per heavy atom. The van der Waals surface area contributed by atoms with Gasteiger partial charge in [0.2, 0.25) is 11.8 Å². The SMILES string of the molecule is Cc1cc(NC(=O)COC(=O)[C@H](C(C)C)N2C(=O)[C@H]3[C@H]4CC[C@@H](C4)[C@@H]3C2=O)cc(C)c1Br. The average molecular weight is 505 g/mol. The number of hydrogen-bond donors (Lipinski definition) is 1. The second kappa shape index (κ2) is 8.61. The average Bonchev–Trinajstić information content (AvgIpc) is 3.40. The molecule has 7 nitrogen and oxygen atoms in total. The number of halogens is 1. The Morgan fingerprint density at radius 2 is 1.62 bits per heavy atom. The van der Waals surface area contributed by atoms with Crippen molar-refractivity contribution < 1.29 is 23.9 Å². The normalized spacial score (nSPS) is 27.1. The highest BCUT2D eigenvalue weighted by Crippen LogP contribution is 2.56. The molecule has 3 aliphatic rings. The minimum atomic E-state index is -1.01. The van der Waals surface area contributed by atoms with Crippen molar-refractivity contribution >= 4 is 45.3 Å². The largest absolute Gasteiger partial charge is 0.454 e. The summed E-state index contributed by atoms with van der Waals surface area (Å²) in [4.78, 5) is 52.7. The van der Waals surface area contributed by atoms with Crippen LogP contribution in [0.4, 0.5) is 5.69 Å². The molecule has 5 atom stereocenters. The number of ether oxygens (including phenoxy) is 1. The summed E-state index contributed by atoms with van der Waals surface area (Å²) in [7, 11) is 0. The third-order valence-electron chi connectivity index (χ3n) is 7.18. The molecule has 2 aliphatic carbocycles. The summed E-state index contributed by atoms with van der Waals surface area (Å²) in [5.41, 5.74) is 2.56. The molecule has 0 aromatic heterocycles. The van der Waals surface area contributed by atoms with Crippen LogP contribution in [-0.4, -0.2) is 41.2 Å². The number of esters is 1. The number of carbonyl (C=O) groups is 4. The zero-order valence-corrected chi connectivity index (χ0v) is 20.4. The zero-order chi connectivity index (χ0) is 23.3. The molecule has 1 aromatic rings. The molecule has 1 N–H and O–H groups in total. The maximum absolute atomic E-state index is 13.1. The molecule has 0 spiro atoms. The molecule has 3 fully saturated rings. The van der Waals surface area contributed by atoms with Crippen LogP contribution in [0.3, 0.4) is 0 Å². The van der Waals surface area contributed by atoms with Crippen LogP contribution in [0.2, 0.25) is 0 Å². The van der Waals surface area contributed by atoms with E-state index >= 15 is 0 Å². The minimum Gasteiger partial charge on any atom is -0.454 e. The summed E-state index contributed by atoms with van der Waals surface area (Å²) in [6.45, 7) is 6.92. The van der Waals surface area contributed by atoms with Crippen LogP contribution in [0.15, 0.2) is 16.6 Å². The van der Waals surface area contributed by atoms with Crippen LogP contribution in [0.25, 0.3) is 0 Å². The van der Waals surface area contributed by atoms with E-state index in [0.29, 0.717) is 5.69 Å². The van der Waals surface area contributed by atoms with Gasteiger partial charge in [-0.15, -0.1) is 0 Å². The molecule has 2 bridgehead atoms. The standard InChI is InChI=1S/C24H29BrN2O5/c1-11(2)21(27-22(29)18-14-5-6-15(9-14)19(18)23(27)30)24(31)32-10-17(28)26-16-7-12(3)20(25)13(4)8-16/h7-8,11,14-15,18-19,21H,5-6,9-10H2,1-4H3,(H,26,28)/t14-,15-,18-,19-,21-/m0/s1. The monoisotopic (exact) mass is 504 g/mol. The number of amides is 3. The first kappa shape index (κ1) is 23.0. The van der Waals surface area contributed by atoms with Gasteiger partial charge in [-0.25, -0.2) is 4.79 Å². The van der Waals surface area contributed by atoms with Gasteiger partial charge in [-0.1, -0.05) is 29.8 Å². The van der Waals surface area contributed by atoms with E-state index in [1.807, 2.05) is 26.0 Å². The van der Waals surface area contributed by atoms with Gasteiger partial charge in [-0.2, -0.15) is 0 Å². The Labute approximate surface area is 196 Å². The van der Waals surface area contributed by atoms with Gasteiger partial charge in [0.05, 0.1) is 11.8 Å². The van der Waals surface area contributed by atoms with Crippen molar-refractivity contribution in [3.63, 3.8) is 0 Å². The van der Waals surface area contributed by atoms with Gasteiger partial charge in [0.1, 0.15) is 6.04 Å². The first-order valence-electron chi connectivity index (χ1n) is 11.2. The number of imide groups is 1. The van der Waals surface area contributed by atoms with Gasteiger partial charge in [-0.3, -0.25) is 19.3 Å².